The predicted octanol–water partition coefficient (Wildman–Crippen LogP) is -2.44. The van der Waals surface area contributed by atoms with Gasteiger partial charge in [-0.1, -0.05) is 0 Å². The Hall–Kier alpha value is -2.45. The Bertz CT molecular complexity index is 423. The van der Waals surface area contributed by atoms with Gasteiger partial charge in [-0.25, -0.2) is 14.4 Å². The molecule has 0 aromatic carbocycles. The number of H-pyrrole nitrogens is 4. The molecule has 4 N–H and O–H groups in total. The Morgan fingerprint density at radius 1 is 0.786 bits per heavy atom. The van der Waals surface area contributed by atoms with Gasteiger partial charge in [-0.05, 0) is 0 Å². The lowest BCUT2D eigenvalue weighted by Crippen LogP contribution is -2.34. The minimum absolute atomic E-state index is 0.802. The van der Waals surface area contributed by atoms with Crippen LogP contribution in [0.4, 0.5) is 0 Å². The molecule has 0 aliphatic carbocycles. The van der Waals surface area contributed by atoms with E-state index in [1.54, 1.807) is 27.3 Å². The van der Waals surface area contributed by atoms with Crippen LogP contribution in [0, 0.1) is 0 Å². The number of aromatic amines is 4. The Morgan fingerprint density at radius 3 is 1.36 bits per heavy atom. The number of rotatable bonds is 0. The van der Waals surface area contributed by atoms with E-state index in [1.165, 1.54) is 0 Å². The molecule has 0 aliphatic heterocycles. The van der Waals surface area contributed by atoms with Gasteiger partial charge in [-0.15, -0.1) is 0 Å². The molecule has 0 radical (unpaired) electrons. The van der Waals surface area contributed by atoms with Gasteiger partial charge in [0.25, 0.3) is 0 Å². The summed E-state index contributed by atoms with van der Waals surface area (Å²) in [4.78, 5) is 35.9. The van der Waals surface area contributed by atoms with Crippen LogP contribution in [0.1, 0.15) is 0 Å². The number of aromatic nitrogens is 6. The molecule has 0 bridgehead atoms. The van der Waals surface area contributed by atoms with Crippen molar-refractivity contribution in [2.24, 2.45) is 0 Å². The van der Waals surface area contributed by atoms with Gasteiger partial charge >= 0.3 is 17.1 Å². The van der Waals surface area contributed by atoms with Crippen molar-refractivity contribution in [2.45, 2.75) is 0 Å². The summed E-state index contributed by atoms with van der Waals surface area (Å²) in [7, 11) is 0. The first kappa shape index (κ1) is 9.64. The van der Waals surface area contributed by atoms with Crippen LogP contribution < -0.4 is 17.1 Å². The third-order valence-corrected chi connectivity index (χ3v) is 1.01. The molecular formula is C5H6N6O3. The highest BCUT2D eigenvalue weighted by atomic mass is 16.2. The summed E-state index contributed by atoms with van der Waals surface area (Å²) in [5, 5.41) is 9.33. The zero-order valence-corrected chi connectivity index (χ0v) is 6.77. The smallest absolute Gasteiger partial charge is 0.259 e. The molecule has 0 saturated carbocycles. The van der Waals surface area contributed by atoms with Crippen LogP contribution >= 0.6 is 0 Å². The fraction of sp³-hybridized carbons (Fsp3) is 0. The molecule has 9 nitrogen and oxygen atoms in total. The summed E-state index contributed by atoms with van der Waals surface area (Å²) < 4.78 is 0. The zero-order chi connectivity index (χ0) is 10.4. The second-order valence-electron chi connectivity index (χ2n) is 2.02. The molecule has 0 unspecified atom stereocenters. The van der Waals surface area contributed by atoms with E-state index in [0.29, 0.717) is 0 Å². The van der Waals surface area contributed by atoms with E-state index in [0.717, 1.165) is 0 Å². The maximum absolute atomic E-state index is 10.2. The monoisotopic (exact) mass is 198 g/mol. The maximum Gasteiger partial charge on any atom is 0.330 e. The molecule has 0 saturated heterocycles. The molecule has 9 heteroatoms. The van der Waals surface area contributed by atoms with Gasteiger partial charge in [-0.3, -0.25) is 15.0 Å². The van der Waals surface area contributed by atoms with Crippen LogP contribution in [0.15, 0.2) is 26.8 Å². The van der Waals surface area contributed by atoms with Crippen LogP contribution in [-0.4, -0.2) is 30.4 Å². The van der Waals surface area contributed by atoms with Crippen molar-refractivity contribution in [3.8, 4) is 0 Å². The fourth-order valence-electron chi connectivity index (χ4n) is 0.570. The van der Waals surface area contributed by atoms with Crippen molar-refractivity contribution < 1.29 is 0 Å². The average molecular weight is 198 g/mol. The second kappa shape index (κ2) is 4.54. The van der Waals surface area contributed by atoms with Gasteiger partial charge in [0, 0.05) is 0 Å². The van der Waals surface area contributed by atoms with Crippen molar-refractivity contribution in [3.63, 3.8) is 0 Å². The van der Waals surface area contributed by atoms with E-state index in [4.69, 9.17) is 0 Å². The Kier molecular flexibility index (Phi) is 3.13. The van der Waals surface area contributed by atoms with Crippen molar-refractivity contribution in [2.75, 3.05) is 0 Å². The molecule has 2 rings (SSSR count). The quantitative estimate of drug-likeness (QED) is 0.372. The van der Waals surface area contributed by atoms with Crippen molar-refractivity contribution in [3.05, 3.63) is 43.8 Å². The molecule has 0 atom stereocenters. The molecule has 2 heterocycles. The van der Waals surface area contributed by atoms with Crippen LogP contribution in [0.25, 0.3) is 0 Å². The predicted molar refractivity (Wildman–Crippen MR) is 44.7 cm³/mol. The molecule has 2 aromatic heterocycles. The number of hydrogen-bond donors (Lipinski definition) is 4. The minimum Gasteiger partial charge on any atom is -0.259 e. The standard InChI is InChI=1S/C3H3N3O3.C2H3N3/c7-1-4-2(8)6-3(9)5-1;1-2-4-5-3-1/h(H3,4,5,6,7,8,9);1-2H,(H,3,4,5). The SMILES string of the molecule is O=c1[nH]c(=O)[nH]c(=O)[nH]1.c1cn[nH]n1. The minimum atomic E-state index is -0.802. The normalized spacial score (nSPS) is 8.86. The molecule has 2 aromatic rings. The van der Waals surface area contributed by atoms with Gasteiger partial charge < -0.3 is 0 Å². The number of nitrogens with one attached hydrogen (secondary N) is 4. The van der Waals surface area contributed by atoms with Crippen LogP contribution in [0.2, 0.25) is 0 Å². The van der Waals surface area contributed by atoms with Crippen LogP contribution in [0.3, 0.4) is 0 Å². The van der Waals surface area contributed by atoms with Crippen molar-refractivity contribution in [1.82, 2.24) is 30.4 Å². The van der Waals surface area contributed by atoms with E-state index < -0.39 is 17.1 Å². The fourth-order valence-corrected chi connectivity index (χ4v) is 0.570. The lowest BCUT2D eigenvalue weighted by molar-refractivity contribution is 0.888. The maximum atomic E-state index is 10.2. The largest absolute Gasteiger partial charge is 0.330 e. The first-order valence-corrected chi connectivity index (χ1v) is 3.41. The number of nitrogens with zero attached hydrogens (tertiary/aromatic N) is 2. The molecule has 0 spiro atoms. The third-order valence-electron chi connectivity index (χ3n) is 1.01. The zero-order valence-electron chi connectivity index (χ0n) is 6.77. The van der Waals surface area contributed by atoms with Gasteiger partial charge in [0.15, 0.2) is 0 Å². The first-order chi connectivity index (χ1) is 6.68. The highest BCUT2D eigenvalue weighted by molar-refractivity contribution is 4.60. The summed E-state index contributed by atoms with van der Waals surface area (Å²) in [6.07, 6.45) is 3.17. The highest BCUT2D eigenvalue weighted by Gasteiger charge is 1.85. The Balaban J connectivity index is 0.000000165. The summed E-state index contributed by atoms with van der Waals surface area (Å²) in [5.41, 5.74) is -2.41. The molecule has 0 amide bonds. The highest BCUT2D eigenvalue weighted by Crippen LogP contribution is 1.55. The summed E-state index contributed by atoms with van der Waals surface area (Å²) >= 11 is 0. The van der Waals surface area contributed by atoms with Gasteiger partial charge in [0.1, 0.15) is 0 Å². The molecule has 74 valence electrons. The second-order valence-corrected chi connectivity index (χ2v) is 2.02. The van der Waals surface area contributed by atoms with Gasteiger partial charge in [0.05, 0.1) is 12.4 Å². The van der Waals surface area contributed by atoms with E-state index in [-0.39, 0.29) is 0 Å². The molecular weight excluding hydrogens is 192 g/mol. The van der Waals surface area contributed by atoms with Crippen molar-refractivity contribution in [1.29, 1.82) is 0 Å². The van der Waals surface area contributed by atoms with E-state index in [9.17, 15) is 14.4 Å². The summed E-state index contributed by atoms with van der Waals surface area (Å²) in [6, 6.07) is 0. The van der Waals surface area contributed by atoms with Crippen molar-refractivity contribution >= 4 is 0 Å². The van der Waals surface area contributed by atoms with Crippen LogP contribution in [0.5, 0.6) is 0 Å². The molecule has 0 fully saturated rings. The lowest BCUT2D eigenvalue weighted by atomic mass is 11.0. The Morgan fingerprint density at radius 2 is 1.14 bits per heavy atom. The van der Waals surface area contributed by atoms with Crippen LogP contribution in [-0.2, 0) is 0 Å². The number of hydrogen-bond acceptors (Lipinski definition) is 5. The molecule has 0 aliphatic rings. The molecule has 14 heavy (non-hydrogen) atoms. The average Bonchev–Trinajstić information content (AvgIpc) is 2.56. The Labute approximate surface area is 75.2 Å². The third kappa shape index (κ3) is 3.30. The summed E-state index contributed by atoms with van der Waals surface area (Å²) in [5.74, 6) is 0. The summed E-state index contributed by atoms with van der Waals surface area (Å²) in [6.45, 7) is 0. The first-order valence-electron chi connectivity index (χ1n) is 3.41. The van der Waals surface area contributed by atoms with E-state index in [1.807, 2.05) is 0 Å². The van der Waals surface area contributed by atoms with Gasteiger partial charge in [0.2, 0.25) is 0 Å². The topological polar surface area (TPSA) is 140 Å². The van der Waals surface area contributed by atoms with E-state index >= 15 is 0 Å². The van der Waals surface area contributed by atoms with E-state index in [2.05, 4.69) is 15.4 Å². The lowest BCUT2D eigenvalue weighted by Gasteiger charge is -1.77. The van der Waals surface area contributed by atoms with Gasteiger partial charge in [-0.2, -0.15) is 15.4 Å².